The first kappa shape index (κ1) is 15.1. The van der Waals surface area contributed by atoms with Crippen molar-refractivity contribution in [3.63, 3.8) is 0 Å². The maximum Gasteiger partial charge on any atom is 0.183 e. The summed E-state index contributed by atoms with van der Waals surface area (Å²) in [7, 11) is 3.28. The number of thioether (sulfide) groups is 1. The second-order valence-corrected chi connectivity index (χ2v) is 5.34. The highest BCUT2D eigenvalue weighted by molar-refractivity contribution is 7.98. The van der Waals surface area contributed by atoms with Gasteiger partial charge in [-0.2, -0.15) is 0 Å². The van der Waals surface area contributed by atoms with E-state index >= 15 is 0 Å². The predicted octanol–water partition coefficient (Wildman–Crippen LogP) is 3.49. The van der Waals surface area contributed by atoms with Gasteiger partial charge in [-0.05, 0) is 19.1 Å². The van der Waals surface area contributed by atoms with Gasteiger partial charge in [0.15, 0.2) is 6.29 Å². The van der Waals surface area contributed by atoms with Gasteiger partial charge in [-0.25, -0.2) is 4.98 Å². The summed E-state index contributed by atoms with van der Waals surface area (Å²) < 4.78 is 12.6. The third-order valence-electron chi connectivity index (χ3n) is 3.09. The Balaban J connectivity index is 1.97. The normalized spacial score (nSPS) is 11.2. The lowest BCUT2D eigenvalue weighted by atomic mass is 10.2. The molecule has 0 bridgehead atoms. The summed E-state index contributed by atoms with van der Waals surface area (Å²) in [5.74, 6) is 1.98. The quantitative estimate of drug-likeness (QED) is 0.578. The highest BCUT2D eigenvalue weighted by Gasteiger charge is 2.08. The molecule has 0 amide bonds. The third kappa shape index (κ3) is 3.62. The number of hydrogen-bond acceptors (Lipinski definition) is 4. The maximum atomic E-state index is 5.23. The fourth-order valence-electron chi connectivity index (χ4n) is 2.01. The molecule has 0 saturated heterocycles. The number of hydrogen-bond donors (Lipinski definition) is 0. The third-order valence-corrected chi connectivity index (χ3v) is 4.10. The lowest BCUT2D eigenvalue weighted by molar-refractivity contribution is -0.106. The number of methoxy groups -OCH3 is 2. The fraction of sp³-hybridized carbons (Fsp3) is 0.400. The van der Waals surface area contributed by atoms with Crippen LogP contribution in [0.4, 0.5) is 0 Å². The average Bonchev–Trinajstić information content (AvgIpc) is 2.95. The van der Waals surface area contributed by atoms with Gasteiger partial charge in [0.25, 0.3) is 0 Å². The van der Waals surface area contributed by atoms with Crippen LogP contribution < -0.4 is 0 Å². The maximum absolute atomic E-state index is 5.23. The molecule has 0 aliphatic heterocycles. The summed E-state index contributed by atoms with van der Waals surface area (Å²) in [6.07, 6.45) is 3.57. The van der Waals surface area contributed by atoms with Crippen molar-refractivity contribution in [3.8, 4) is 0 Å². The zero-order valence-corrected chi connectivity index (χ0v) is 12.9. The average molecular weight is 292 g/mol. The van der Waals surface area contributed by atoms with Crippen LogP contribution in [0.25, 0.3) is 0 Å². The van der Waals surface area contributed by atoms with Crippen LogP contribution in [0.15, 0.2) is 41.6 Å². The second-order valence-electron chi connectivity index (χ2n) is 4.29. The molecule has 5 heteroatoms. The molecule has 0 aliphatic carbocycles. The van der Waals surface area contributed by atoms with Gasteiger partial charge in [0, 0.05) is 43.6 Å². The van der Waals surface area contributed by atoms with Gasteiger partial charge in [0.1, 0.15) is 5.82 Å². The molecule has 0 radical (unpaired) electrons. The Morgan fingerprint density at radius 3 is 2.50 bits per heavy atom. The lowest BCUT2D eigenvalue weighted by Gasteiger charge is -2.13. The number of aryl methyl sites for hydroxylation is 1. The summed E-state index contributed by atoms with van der Waals surface area (Å²) in [5.41, 5.74) is 1.02. The van der Waals surface area contributed by atoms with Gasteiger partial charge in [0.05, 0.1) is 5.75 Å². The molecule has 0 N–H and O–H groups in total. The number of benzene rings is 1. The van der Waals surface area contributed by atoms with Crippen LogP contribution in [0.2, 0.25) is 0 Å². The van der Waals surface area contributed by atoms with Crippen LogP contribution in [0, 0.1) is 0 Å². The Hall–Kier alpha value is -1.30. The minimum atomic E-state index is -0.298. The van der Waals surface area contributed by atoms with Crippen LogP contribution in [-0.2, 0) is 21.8 Å². The molecule has 1 aromatic carbocycles. The van der Waals surface area contributed by atoms with Gasteiger partial charge >= 0.3 is 0 Å². The summed E-state index contributed by atoms with van der Waals surface area (Å²) in [6.45, 7) is 3.08. The van der Waals surface area contributed by atoms with Crippen molar-refractivity contribution in [2.45, 2.75) is 30.4 Å². The van der Waals surface area contributed by atoms with Crippen LogP contribution >= 0.6 is 11.8 Å². The van der Waals surface area contributed by atoms with Gasteiger partial charge in [-0.1, -0.05) is 12.1 Å². The Kier molecular flexibility index (Phi) is 5.64. The van der Waals surface area contributed by atoms with E-state index in [-0.39, 0.29) is 6.29 Å². The van der Waals surface area contributed by atoms with E-state index in [9.17, 15) is 0 Å². The zero-order valence-electron chi connectivity index (χ0n) is 12.1. The first-order valence-corrected chi connectivity index (χ1v) is 7.55. The van der Waals surface area contributed by atoms with Gasteiger partial charge in [0.2, 0.25) is 0 Å². The Bertz CT molecular complexity index is 521. The molecule has 0 unspecified atom stereocenters. The first-order valence-electron chi connectivity index (χ1n) is 6.56. The van der Waals surface area contributed by atoms with E-state index in [0.717, 1.165) is 23.7 Å². The number of imidazole rings is 1. The van der Waals surface area contributed by atoms with E-state index in [4.69, 9.17) is 9.47 Å². The van der Waals surface area contributed by atoms with Crippen molar-refractivity contribution >= 4 is 11.8 Å². The van der Waals surface area contributed by atoms with Crippen molar-refractivity contribution in [1.29, 1.82) is 0 Å². The van der Waals surface area contributed by atoms with E-state index < -0.39 is 0 Å². The monoisotopic (exact) mass is 292 g/mol. The summed E-state index contributed by atoms with van der Waals surface area (Å²) in [5, 5.41) is 0. The molecule has 1 aromatic heterocycles. The second kappa shape index (κ2) is 7.47. The van der Waals surface area contributed by atoms with E-state index in [2.05, 4.69) is 28.6 Å². The molecule has 20 heavy (non-hydrogen) atoms. The van der Waals surface area contributed by atoms with Crippen LogP contribution in [-0.4, -0.2) is 23.8 Å². The van der Waals surface area contributed by atoms with Crippen molar-refractivity contribution < 1.29 is 9.47 Å². The molecular weight excluding hydrogens is 272 g/mol. The topological polar surface area (TPSA) is 36.3 Å². The van der Waals surface area contributed by atoms with E-state index in [0.29, 0.717) is 0 Å². The van der Waals surface area contributed by atoms with E-state index in [1.165, 1.54) is 4.90 Å². The molecule has 108 valence electrons. The Morgan fingerprint density at radius 2 is 1.90 bits per heavy atom. The lowest BCUT2D eigenvalue weighted by Crippen LogP contribution is -2.03. The zero-order chi connectivity index (χ0) is 14.4. The standard InChI is InChI=1S/C15H20N2O2S/c1-4-17-10-9-16-14(17)11-20-13-7-5-12(6-8-13)15(18-2)19-3/h5-10,15H,4,11H2,1-3H3. The molecule has 1 heterocycles. The molecule has 4 nitrogen and oxygen atoms in total. The van der Waals surface area contributed by atoms with Gasteiger partial charge in [-0.3, -0.25) is 0 Å². The van der Waals surface area contributed by atoms with Crippen molar-refractivity contribution in [1.82, 2.24) is 9.55 Å². The molecule has 0 atom stereocenters. The molecule has 2 rings (SSSR count). The highest BCUT2D eigenvalue weighted by Crippen LogP contribution is 2.25. The molecule has 0 spiro atoms. The molecular formula is C15H20N2O2S. The fourth-order valence-corrected chi connectivity index (χ4v) is 2.87. The van der Waals surface area contributed by atoms with Gasteiger partial charge < -0.3 is 14.0 Å². The van der Waals surface area contributed by atoms with Crippen molar-refractivity contribution in [2.24, 2.45) is 0 Å². The molecule has 0 aliphatic rings. The SMILES string of the molecule is CCn1ccnc1CSc1ccc(C(OC)OC)cc1. The summed E-state index contributed by atoms with van der Waals surface area (Å²) in [4.78, 5) is 5.59. The Morgan fingerprint density at radius 1 is 1.20 bits per heavy atom. The first-order chi connectivity index (χ1) is 9.78. The molecule has 0 fully saturated rings. The number of aromatic nitrogens is 2. The highest BCUT2D eigenvalue weighted by atomic mass is 32.2. The smallest absolute Gasteiger partial charge is 0.183 e. The minimum absolute atomic E-state index is 0.298. The van der Waals surface area contributed by atoms with Crippen molar-refractivity contribution in [3.05, 3.63) is 48.0 Å². The molecule has 2 aromatic rings. The predicted molar refractivity (Wildman–Crippen MR) is 80.7 cm³/mol. The Labute approximate surface area is 124 Å². The van der Waals surface area contributed by atoms with Crippen molar-refractivity contribution in [2.75, 3.05) is 14.2 Å². The van der Waals surface area contributed by atoms with Crippen LogP contribution in [0.3, 0.4) is 0 Å². The van der Waals surface area contributed by atoms with Crippen LogP contribution in [0.5, 0.6) is 0 Å². The van der Waals surface area contributed by atoms with E-state index in [1.54, 1.807) is 26.0 Å². The minimum Gasteiger partial charge on any atom is -0.352 e. The summed E-state index contributed by atoms with van der Waals surface area (Å²) >= 11 is 1.78. The number of ether oxygens (including phenoxy) is 2. The summed E-state index contributed by atoms with van der Waals surface area (Å²) in [6, 6.07) is 8.24. The van der Waals surface area contributed by atoms with Crippen LogP contribution in [0.1, 0.15) is 24.6 Å². The van der Waals surface area contributed by atoms with Gasteiger partial charge in [-0.15, -0.1) is 11.8 Å². The van der Waals surface area contributed by atoms with E-state index in [1.807, 2.05) is 24.5 Å². The largest absolute Gasteiger partial charge is 0.352 e. The number of rotatable bonds is 7. The molecule has 0 saturated carbocycles. The number of nitrogens with zero attached hydrogens (tertiary/aromatic N) is 2.